The third-order valence-corrected chi connectivity index (χ3v) is 10.6. The molecule has 2 aliphatic carbocycles. The number of nitrogens with zero attached hydrogens (tertiary/aromatic N) is 3. The van der Waals surface area contributed by atoms with E-state index in [9.17, 15) is 24.3 Å². The molecule has 13 nitrogen and oxygen atoms in total. The number of hydrogen-bond acceptors (Lipinski definition) is 8. The predicted molar refractivity (Wildman–Crippen MR) is 187 cm³/mol. The van der Waals surface area contributed by atoms with Crippen molar-refractivity contribution in [3.8, 4) is 17.3 Å². The van der Waals surface area contributed by atoms with Crippen molar-refractivity contribution >= 4 is 34.8 Å². The number of rotatable bonds is 7. The maximum absolute atomic E-state index is 14.4. The van der Waals surface area contributed by atoms with Crippen molar-refractivity contribution in [3.05, 3.63) is 60.9 Å². The van der Waals surface area contributed by atoms with E-state index in [1.165, 1.54) is 4.90 Å². The molecule has 270 valence electrons. The van der Waals surface area contributed by atoms with E-state index in [-0.39, 0.29) is 31.4 Å². The number of allylic oxidation sites excluding steroid dienone is 1. The van der Waals surface area contributed by atoms with Crippen molar-refractivity contribution in [2.75, 3.05) is 13.7 Å². The lowest BCUT2D eigenvalue weighted by Gasteiger charge is -2.29. The highest BCUT2D eigenvalue weighted by molar-refractivity contribution is 5.96. The van der Waals surface area contributed by atoms with Crippen LogP contribution in [0.3, 0.4) is 0 Å². The summed E-state index contributed by atoms with van der Waals surface area (Å²) in [6.07, 6.45) is 13.6. The molecule has 13 heteroatoms. The summed E-state index contributed by atoms with van der Waals surface area (Å²) < 4.78 is 19.6. The molecule has 3 amide bonds. The number of carboxylic acids is 1. The molecule has 0 spiro atoms. The zero-order valence-corrected chi connectivity index (χ0v) is 28.8. The number of fused-ring (bicyclic) bond motifs is 3. The number of methoxy groups -OCH3 is 1. The first-order valence-electron chi connectivity index (χ1n) is 18.0. The Balaban J connectivity index is 1.20. The maximum Gasteiger partial charge on any atom is 0.408 e. The molecule has 1 saturated heterocycles. The molecule has 4 heterocycles. The molecular formula is C38H45N5O8. The van der Waals surface area contributed by atoms with Gasteiger partial charge in [0.05, 0.1) is 19.2 Å². The van der Waals surface area contributed by atoms with E-state index in [0.29, 0.717) is 35.7 Å². The van der Waals surface area contributed by atoms with Gasteiger partial charge in [0.15, 0.2) is 0 Å². The Hall–Kier alpha value is -5.07. The van der Waals surface area contributed by atoms with Gasteiger partial charge in [0.1, 0.15) is 47.1 Å². The number of aliphatic carboxylic acids is 1. The van der Waals surface area contributed by atoms with Crippen molar-refractivity contribution in [1.29, 1.82) is 0 Å². The number of hydrogen-bond donors (Lipinski definition) is 3. The number of amides is 3. The fraction of sp³-hybridized carbons (Fsp3) is 0.500. The van der Waals surface area contributed by atoms with E-state index in [1.807, 2.05) is 65.5 Å². The zero-order valence-electron chi connectivity index (χ0n) is 28.8. The Bertz CT molecular complexity index is 1800. The molecule has 7 rings (SSSR count). The Labute approximate surface area is 296 Å². The molecule has 0 radical (unpaired) electrons. The molecule has 2 aromatic heterocycles. The largest absolute Gasteiger partial charge is 0.497 e. The van der Waals surface area contributed by atoms with Gasteiger partial charge in [-0.15, -0.1) is 0 Å². The van der Waals surface area contributed by atoms with Gasteiger partial charge in [-0.2, -0.15) is 0 Å². The van der Waals surface area contributed by atoms with Crippen molar-refractivity contribution in [3.63, 3.8) is 0 Å². The fourth-order valence-electron chi connectivity index (χ4n) is 7.67. The molecule has 4 aliphatic rings. The van der Waals surface area contributed by atoms with E-state index in [0.717, 1.165) is 50.3 Å². The van der Waals surface area contributed by atoms with E-state index < -0.39 is 47.6 Å². The minimum Gasteiger partial charge on any atom is -0.497 e. The van der Waals surface area contributed by atoms with Crippen LogP contribution in [0.5, 0.6) is 11.5 Å². The number of carbonyl (C=O) groups is 4. The average Bonchev–Trinajstić information content (AvgIpc) is 3.61. The number of pyridine rings is 1. The van der Waals surface area contributed by atoms with Crippen LogP contribution in [0.15, 0.2) is 60.9 Å². The molecule has 5 atom stereocenters. The van der Waals surface area contributed by atoms with E-state index >= 15 is 0 Å². The molecular weight excluding hydrogens is 654 g/mol. The monoisotopic (exact) mass is 699 g/mol. The number of alkyl carbamates (subject to hydrolysis) is 1. The predicted octanol–water partition coefficient (Wildman–Crippen LogP) is 4.90. The summed E-state index contributed by atoms with van der Waals surface area (Å²) in [4.78, 5) is 60.4. The van der Waals surface area contributed by atoms with Gasteiger partial charge >= 0.3 is 12.1 Å². The van der Waals surface area contributed by atoms with Crippen molar-refractivity contribution in [2.45, 2.75) is 100 Å². The highest BCUT2D eigenvalue weighted by atomic mass is 16.6. The Morgan fingerprint density at radius 1 is 1.02 bits per heavy atom. The third kappa shape index (κ3) is 7.38. The molecule has 0 bridgehead atoms. The van der Waals surface area contributed by atoms with Crippen LogP contribution in [-0.2, 0) is 19.1 Å². The van der Waals surface area contributed by atoms with Gasteiger partial charge in [-0.25, -0.2) is 14.6 Å². The lowest BCUT2D eigenvalue weighted by molar-refractivity contribution is -0.145. The molecule has 3 aromatic rings. The molecule has 3 N–H and O–H groups in total. The number of benzene rings is 1. The number of ether oxygens (including phenoxy) is 3. The summed E-state index contributed by atoms with van der Waals surface area (Å²) in [5.74, 6) is -0.684. The van der Waals surface area contributed by atoms with Gasteiger partial charge in [0.25, 0.3) is 0 Å². The first-order chi connectivity index (χ1) is 24.7. The first kappa shape index (κ1) is 34.4. The second kappa shape index (κ2) is 14.7. The van der Waals surface area contributed by atoms with Crippen LogP contribution >= 0.6 is 0 Å². The molecule has 1 aromatic carbocycles. The normalized spacial score (nSPS) is 27.7. The summed E-state index contributed by atoms with van der Waals surface area (Å²) in [6, 6.07) is 9.13. The lowest BCUT2D eigenvalue weighted by Crippen LogP contribution is -2.56. The van der Waals surface area contributed by atoms with Crippen LogP contribution in [0.4, 0.5) is 4.79 Å². The minimum absolute atomic E-state index is 0.0506. The maximum atomic E-state index is 14.4. The van der Waals surface area contributed by atoms with Crippen LogP contribution < -0.4 is 20.1 Å². The standard InChI is InChI=1S/C38H45N5O8/c1-49-26-15-16-28-30(19-26)39-33(42-17-9-10-18-42)21-32(28)50-27-20-31-34(44)41-38(36(46)47)22-24(38)11-5-3-2-4-6-14-29(35(45)43(31)23-27)40-37(48)51-25-12-7-8-13-25/h5,9-11,15-19,21,24-25,27,29,31H,2-4,6-8,12-14,20,22-23H2,1H3,(H,40,48)(H,41,44)(H,46,47)/b11-5-/t24-,27+,29-,31-,38+/m0/s1. The molecule has 0 unspecified atom stereocenters. The third-order valence-electron chi connectivity index (χ3n) is 10.6. The van der Waals surface area contributed by atoms with Crippen molar-refractivity contribution in [1.82, 2.24) is 25.1 Å². The van der Waals surface area contributed by atoms with Crippen molar-refractivity contribution < 1.29 is 38.5 Å². The quantitative estimate of drug-likeness (QED) is 0.292. The fourth-order valence-corrected chi connectivity index (χ4v) is 7.67. The summed E-state index contributed by atoms with van der Waals surface area (Å²) in [6.45, 7) is 0.0506. The minimum atomic E-state index is -1.43. The van der Waals surface area contributed by atoms with E-state index in [1.54, 1.807) is 7.11 Å². The van der Waals surface area contributed by atoms with E-state index in [4.69, 9.17) is 19.2 Å². The summed E-state index contributed by atoms with van der Waals surface area (Å²) in [5, 5.41) is 16.6. The summed E-state index contributed by atoms with van der Waals surface area (Å²) >= 11 is 0. The number of aromatic nitrogens is 2. The van der Waals surface area contributed by atoms with Crippen LogP contribution in [0, 0.1) is 5.92 Å². The van der Waals surface area contributed by atoms with Gasteiger partial charge in [-0.1, -0.05) is 25.0 Å². The highest BCUT2D eigenvalue weighted by Crippen LogP contribution is 2.45. The van der Waals surface area contributed by atoms with Gasteiger partial charge in [0, 0.05) is 42.3 Å². The van der Waals surface area contributed by atoms with Gasteiger partial charge < -0.3 is 39.4 Å². The number of carbonyl (C=O) groups excluding carboxylic acids is 3. The molecule has 2 aliphatic heterocycles. The van der Waals surface area contributed by atoms with E-state index in [2.05, 4.69) is 10.6 Å². The molecule has 3 fully saturated rings. The Morgan fingerprint density at radius 2 is 1.80 bits per heavy atom. The van der Waals surface area contributed by atoms with Crippen LogP contribution in [0.1, 0.15) is 70.6 Å². The lowest BCUT2D eigenvalue weighted by atomic mass is 10.0. The first-order valence-corrected chi connectivity index (χ1v) is 18.0. The number of nitrogens with one attached hydrogen (secondary N) is 2. The van der Waals surface area contributed by atoms with Crippen LogP contribution in [0.25, 0.3) is 16.7 Å². The van der Waals surface area contributed by atoms with Crippen LogP contribution in [0.2, 0.25) is 0 Å². The second-order valence-electron chi connectivity index (χ2n) is 14.1. The zero-order chi connectivity index (χ0) is 35.5. The summed E-state index contributed by atoms with van der Waals surface area (Å²) in [7, 11) is 1.58. The van der Waals surface area contributed by atoms with Gasteiger partial charge in [-0.3, -0.25) is 9.59 Å². The van der Waals surface area contributed by atoms with Gasteiger partial charge in [-0.05, 0) is 75.6 Å². The topological polar surface area (TPSA) is 161 Å². The van der Waals surface area contributed by atoms with Crippen LogP contribution in [-0.4, -0.2) is 86.9 Å². The van der Waals surface area contributed by atoms with Crippen molar-refractivity contribution in [2.24, 2.45) is 5.92 Å². The molecule has 2 saturated carbocycles. The second-order valence-corrected chi connectivity index (χ2v) is 14.1. The van der Waals surface area contributed by atoms with Gasteiger partial charge in [0.2, 0.25) is 11.8 Å². The SMILES string of the molecule is COc1ccc2c(O[C@@H]3C[C@H]4C(=O)N[C@]5(C(=O)O)C[C@@H]5/C=C\CCCCC[C@H](NC(=O)OC5CCCC5)C(=O)N4C3)cc(-n3cccc3)nc2c1. The highest BCUT2D eigenvalue weighted by Gasteiger charge is 2.61. The smallest absolute Gasteiger partial charge is 0.408 e. The Kier molecular flexibility index (Phi) is 9.88. The average molecular weight is 700 g/mol. The molecule has 51 heavy (non-hydrogen) atoms. The summed E-state index contributed by atoms with van der Waals surface area (Å²) in [5.41, 5.74) is -0.797. The Morgan fingerprint density at radius 3 is 2.57 bits per heavy atom. The number of carboxylic acid groups (broad SMARTS) is 1.